The highest BCUT2D eigenvalue weighted by atomic mass is 32.2. The van der Waals surface area contributed by atoms with E-state index in [0.29, 0.717) is 11.6 Å². The van der Waals surface area contributed by atoms with E-state index in [2.05, 4.69) is 66.9 Å². The molecule has 4 aromatic rings. The van der Waals surface area contributed by atoms with Crippen LogP contribution in [0.25, 0.3) is 28.2 Å². The first-order chi connectivity index (χ1) is 18.1. The standard InChI is InChI=1S/C32H36N2O2S/c1-3-4-5-6-7-14-19-28(31(35)36)37-32-33-29(25-15-10-8-11-16-25)30(26-17-12-9-13-18-26)34(32)27-22-20-24(2)21-23-27/h8-13,15-18,20-23,28H,3-7,14,19H2,1-2H3,(H,35,36). The monoisotopic (exact) mass is 512 g/mol. The number of aromatic nitrogens is 2. The van der Waals surface area contributed by atoms with Crippen molar-refractivity contribution in [2.75, 3.05) is 0 Å². The molecule has 1 N–H and O–H groups in total. The lowest BCUT2D eigenvalue weighted by molar-refractivity contribution is -0.136. The number of aryl methyl sites for hydroxylation is 1. The van der Waals surface area contributed by atoms with E-state index in [9.17, 15) is 9.90 Å². The summed E-state index contributed by atoms with van der Waals surface area (Å²) in [5.74, 6) is -0.778. The zero-order valence-corrected chi connectivity index (χ0v) is 22.6. The number of benzene rings is 3. The van der Waals surface area contributed by atoms with Gasteiger partial charge in [0.15, 0.2) is 5.16 Å². The van der Waals surface area contributed by atoms with E-state index >= 15 is 0 Å². The fraction of sp³-hybridized carbons (Fsp3) is 0.312. The van der Waals surface area contributed by atoms with Crippen molar-refractivity contribution in [2.45, 2.75) is 69.2 Å². The number of aliphatic carboxylic acids is 1. The zero-order valence-electron chi connectivity index (χ0n) is 21.8. The minimum Gasteiger partial charge on any atom is -0.480 e. The largest absolute Gasteiger partial charge is 0.480 e. The van der Waals surface area contributed by atoms with E-state index in [0.717, 1.165) is 41.0 Å². The molecule has 37 heavy (non-hydrogen) atoms. The van der Waals surface area contributed by atoms with Crippen molar-refractivity contribution < 1.29 is 9.90 Å². The summed E-state index contributed by atoms with van der Waals surface area (Å²) in [6, 6.07) is 28.8. The maximum absolute atomic E-state index is 12.3. The lowest BCUT2D eigenvalue weighted by atomic mass is 10.0. The fourth-order valence-electron chi connectivity index (χ4n) is 4.54. The second-order valence-electron chi connectivity index (χ2n) is 9.50. The molecular weight excluding hydrogens is 476 g/mol. The molecule has 0 saturated heterocycles. The SMILES string of the molecule is CCCCCCCCC(Sc1nc(-c2ccccc2)c(-c2ccccc2)n1-c1ccc(C)cc1)C(=O)O. The van der Waals surface area contributed by atoms with Crippen LogP contribution >= 0.6 is 11.8 Å². The van der Waals surface area contributed by atoms with E-state index in [4.69, 9.17) is 4.98 Å². The summed E-state index contributed by atoms with van der Waals surface area (Å²) in [7, 11) is 0. The second-order valence-corrected chi connectivity index (χ2v) is 10.7. The molecule has 5 heteroatoms. The molecule has 3 aromatic carbocycles. The molecule has 1 heterocycles. The first-order valence-corrected chi connectivity index (χ1v) is 14.2. The Bertz CT molecular complexity index is 1270. The molecular formula is C32H36N2O2S. The summed E-state index contributed by atoms with van der Waals surface area (Å²) in [6.45, 7) is 4.28. The highest BCUT2D eigenvalue weighted by Gasteiger charge is 2.26. The number of carboxylic acid groups (broad SMARTS) is 1. The molecule has 0 bridgehead atoms. The highest BCUT2D eigenvalue weighted by Crippen LogP contribution is 2.40. The molecule has 0 aliphatic carbocycles. The Morgan fingerprint density at radius 3 is 2.05 bits per heavy atom. The van der Waals surface area contributed by atoms with E-state index < -0.39 is 11.2 Å². The Kier molecular flexibility index (Phi) is 9.61. The van der Waals surface area contributed by atoms with E-state index in [-0.39, 0.29) is 0 Å². The summed E-state index contributed by atoms with van der Waals surface area (Å²) in [5, 5.41) is 10.3. The molecule has 1 atom stereocenters. The predicted molar refractivity (Wildman–Crippen MR) is 154 cm³/mol. The van der Waals surface area contributed by atoms with Crippen molar-refractivity contribution in [3.8, 4) is 28.2 Å². The second kappa shape index (κ2) is 13.3. The fourth-order valence-corrected chi connectivity index (χ4v) is 5.63. The van der Waals surface area contributed by atoms with Crippen LogP contribution < -0.4 is 0 Å². The number of hydrogen-bond acceptors (Lipinski definition) is 3. The van der Waals surface area contributed by atoms with Crippen LogP contribution in [-0.2, 0) is 4.79 Å². The van der Waals surface area contributed by atoms with Crippen molar-refractivity contribution in [3.05, 3.63) is 90.5 Å². The van der Waals surface area contributed by atoms with Crippen LogP contribution in [0.15, 0.2) is 90.1 Å². The number of imidazole rings is 1. The summed E-state index contributed by atoms with van der Waals surface area (Å²) in [6.07, 6.45) is 7.46. The van der Waals surface area contributed by atoms with Gasteiger partial charge in [-0.1, -0.05) is 136 Å². The van der Waals surface area contributed by atoms with Gasteiger partial charge in [-0.2, -0.15) is 0 Å². The Morgan fingerprint density at radius 1 is 0.838 bits per heavy atom. The van der Waals surface area contributed by atoms with Crippen LogP contribution in [0.2, 0.25) is 0 Å². The van der Waals surface area contributed by atoms with Crippen LogP contribution in [-0.4, -0.2) is 25.9 Å². The van der Waals surface area contributed by atoms with Crippen molar-refractivity contribution in [1.82, 2.24) is 9.55 Å². The number of thioether (sulfide) groups is 1. The van der Waals surface area contributed by atoms with Gasteiger partial charge in [0.25, 0.3) is 0 Å². The summed E-state index contributed by atoms with van der Waals surface area (Å²) in [5.41, 5.74) is 6.04. The maximum Gasteiger partial charge on any atom is 0.317 e. The molecule has 4 rings (SSSR count). The number of unbranched alkanes of at least 4 members (excludes halogenated alkanes) is 5. The molecule has 0 spiro atoms. The van der Waals surface area contributed by atoms with Crippen LogP contribution in [0.1, 0.15) is 57.4 Å². The smallest absolute Gasteiger partial charge is 0.317 e. The van der Waals surface area contributed by atoms with Crippen LogP contribution in [0.3, 0.4) is 0 Å². The Labute approximate surface area is 224 Å². The van der Waals surface area contributed by atoms with Gasteiger partial charge in [-0.05, 0) is 25.5 Å². The van der Waals surface area contributed by atoms with Crippen molar-refractivity contribution in [1.29, 1.82) is 0 Å². The third kappa shape index (κ3) is 6.92. The molecule has 0 fully saturated rings. The number of hydrogen-bond donors (Lipinski definition) is 1. The summed E-state index contributed by atoms with van der Waals surface area (Å²) < 4.78 is 2.14. The third-order valence-electron chi connectivity index (χ3n) is 6.58. The molecule has 0 saturated carbocycles. The van der Waals surface area contributed by atoms with Gasteiger partial charge in [0.05, 0.1) is 11.4 Å². The minimum absolute atomic E-state index is 0.551. The minimum atomic E-state index is -0.778. The lowest BCUT2D eigenvalue weighted by Crippen LogP contribution is -2.17. The molecule has 0 radical (unpaired) electrons. The Hall–Kier alpha value is -3.31. The number of carboxylic acids is 1. The van der Waals surface area contributed by atoms with Gasteiger partial charge < -0.3 is 5.11 Å². The van der Waals surface area contributed by atoms with Gasteiger partial charge in [-0.15, -0.1) is 0 Å². The Balaban J connectivity index is 1.77. The molecule has 0 amide bonds. The maximum atomic E-state index is 12.3. The zero-order chi connectivity index (χ0) is 26.0. The number of rotatable bonds is 13. The molecule has 0 aliphatic rings. The van der Waals surface area contributed by atoms with Crippen LogP contribution in [0, 0.1) is 6.92 Å². The summed E-state index contributed by atoms with van der Waals surface area (Å²) in [4.78, 5) is 17.4. The van der Waals surface area contributed by atoms with E-state index in [1.165, 1.54) is 43.0 Å². The molecule has 4 nitrogen and oxygen atoms in total. The average Bonchev–Trinajstić information content (AvgIpc) is 3.30. The van der Waals surface area contributed by atoms with Gasteiger partial charge in [-0.25, -0.2) is 4.98 Å². The molecule has 0 aliphatic heterocycles. The van der Waals surface area contributed by atoms with E-state index in [1.807, 2.05) is 36.4 Å². The number of carbonyl (C=O) groups is 1. The topological polar surface area (TPSA) is 55.1 Å². The van der Waals surface area contributed by atoms with Gasteiger partial charge >= 0.3 is 5.97 Å². The lowest BCUT2D eigenvalue weighted by Gasteiger charge is -2.16. The van der Waals surface area contributed by atoms with Gasteiger partial charge in [-0.3, -0.25) is 9.36 Å². The molecule has 192 valence electrons. The van der Waals surface area contributed by atoms with Gasteiger partial charge in [0.1, 0.15) is 5.25 Å². The van der Waals surface area contributed by atoms with Crippen molar-refractivity contribution >= 4 is 17.7 Å². The molecule has 1 aromatic heterocycles. The van der Waals surface area contributed by atoms with E-state index in [1.54, 1.807) is 0 Å². The highest BCUT2D eigenvalue weighted by molar-refractivity contribution is 8.00. The predicted octanol–water partition coefficient (Wildman–Crippen LogP) is 8.81. The normalized spacial score (nSPS) is 11.9. The van der Waals surface area contributed by atoms with Crippen molar-refractivity contribution in [2.24, 2.45) is 0 Å². The number of nitrogens with zero attached hydrogens (tertiary/aromatic N) is 2. The van der Waals surface area contributed by atoms with Gasteiger partial charge in [0.2, 0.25) is 0 Å². The summed E-state index contributed by atoms with van der Waals surface area (Å²) >= 11 is 1.37. The van der Waals surface area contributed by atoms with Crippen LogP contribution in [0.5, 0.6) is 0 Å². The quantitative estimate of drug-likeness (QED) is 0.144. The van der Waals surface area contributed by atoms with Gasteiger partial charge in [0, 0.05) is 16.8 Å². The molecule has 1 unspecified atom stereocenters. The first-order valence-electron chi connectivity index (χ1n) is 13.3. The van der Waals surface area contributed by atoms with Crippen molar-refractivity contribution in [3.63, 3.8) is 0 Å². The first kappa shape index (κ1) is 26.7. The third-order valence-corrected chi connectivity index (χ3v) is 7.78. The Morgan fingerprint density at radius 2 is 1.43 bits per heavy atom. The van der Waals surface area contributed by atoms with Crippen LogP contribution in [0.4, 0.5) is 0 Å². The average molecular weight is 513 g/mol.